The van der Waals surface area contributed by atoms with Crippen molar-refractivity contribution >= 4 is 0 Å². The van der Waals surface area contributed by atoms with E-state index in [4.69, 9.17) is 0 Å². The van der Waals surface area contributed by atoms with Gasteiger partial charge in [0.1, 0.15) is 0 Å². The van der Waals surface area contributed by atoms with Crippen molar-refractivity contribution in [2.75, 3.05) is 0 Å². The van der Waals surface area contributed by atoms with Crippen molar-refractivity contribution in [3.05, 3.63) is 24.8 Å². The Kier molecular flexibility index (Phi) is 5.66. The van der Waals surface area contributed by atoms with Crippen molar-refractivity contribution in [2.45, 2.75) is 51.9 Å². The molecular weight excluding hydrogens is 168 g/mol. The summed E-state index contributed by atoms with van der Waals surface area (Å²) in [5.74, 6) is 1.83. The fraction of sp³-hybridized carbons (Fsp3) is 0.714. The van der Waals surface area contributed by atoms with Gasteiger partial charge in [0.25, 0.3) is 0 Å². The summed E-state index contributed by atoms with van der Waals surface area (Å²) in [7, 11) is 0. The molecule has 0 bridgehead atoms. The van der Waals surface area contributed by atoms with E-state index in [-0.39, 0.29) is 0 Å². The zero-order valence-corrected chi connectivity index (χ0v) is 9.54. The fourth-order valence-electron chi connectivity index (χ4n) is 2.57. The fourth-order valence-corrected chi connectivity index (χ4v) is 2.57. The lowest BCUT2D eigenvalue weighted by molar-refractivity contribution is 0.266. The average molecular weight is 192 g/mol. The highest BCUT2D eigenvalue weighted by Crippen LogP contribution is 2.33. The molecule has 1 rings (SSSR count). The predicted octanol–water partition coefficient (Wildman–Crippen LogP) is 4.73. The van der Waals surface area contributed by atoms with Gasteiger partial charge in [-0.2, -0.15) is 0 Å². The Morgan fingerprint density at radius 2 is 2.07 bits per heavy atom. The molecule has 0 aliphatic heterocycles. The summed E-state index contributed by atoms with van der Waals surface area (Å²) in [5.41, 5.74) is 0. The zero-order chi connectivity index (χ0) is 10.2. The van der Waals surface area contributed by atoms with Crippen LogP contribution in [0.15, 0.2) is 24.8 Å². The maximum atomic E-state index is 3.75. The molecule has 1 saturated carbocycles. The van der Waals surface area contributed by atoms with Crippen molar-refractivity contribution in [1.82, 2.24) is 0 Å². The monoisotopic (exact) mass is 192 g/mol. The number of rotatable bonds is 5. The molecule has 1 aliphatic carbocycles. The van der Waals surface area contributed by atoms with Crippen molar-refractivity contribution in [3.63, 3.8) is 0 Å². The first-order valence-electron chi connectivity index (χ1n) is 6.16. The van der Waals surface area contributed by atoms with Gasteiger partial charge in [-0.05, 0) is 31.1 Å². The Bertz CT molecular complexity index is 176. The molecule has 0 heteroatoms. The van der Waals surface area contributed by atoms with Gasteiger partial charge < -0.3 is 0 Å². The van der Waals surface area contributed by atoms with Gasteiger partial charge in [0.2, 0.25) is 0 Å². The lowest BCUT2D eigenvalue weighted by atomic mass is 9.77. The minimum Gasteiger partial charge on any atom is -0.103 e. The second-order valence-corrected chi connectivity index (χ2v) is 4.45. The maximum Gasteiger partial charge on any atom is -0.0172 e. The quantitative estimate of drug-likeness (QED) is 0.553. The molecule has 80 valence electrons. The summed E-state index contributed by atoms with van der Waals surface area (Å²) in [4.78, 5) is 0. The van der Waals surface area contributed by atoms with Gasteiger partial charge in [-0.1, -0.05) is 50.8 Å². The second kappa shape index (κ2) is 6.86. The molecular formula is C14H24. The highest BCUT2D eigenvalue weighted by atomic mass is 14.3. The van der Waals surface area contributed by atoms with E-state index in [1.807, 2.05) is 6.08 Å². The van der Waals surface area contributed by atoms with Gasteiger partial charge in [-0.15, -0.1) is 6.58 Å². The highest BCUT2D eigenvalue weighted by molar-refractivity contribution is 4.96. The number of hydrogen-bond acceptors (Lipinski definition) is 0. The average Bonchev–Trinajstić information content (AvgIpc) is 2.21. The normalized spacial score (nSPS) is 28.1. The van der Waals surface area contributed by atoms with Gasteiger partial charge in [0.15, 0.2) is 0 Å². The van der Waals surface area contributed by atoms with E-state index in [0.29, 0.717) is 0 Å². The standard InChI is InChI=1S/C14H24/c1-3-5-6-10-14-12-8-7-11-13(14)9-4-2/h3,6,10,13-14H,1,4-5,7-9,11-12H2,2H3/b10-6-/t13-,14+/m0/s1. The third-order valence-corrected chi connectivity index (χ3v) is 3.31. The first-order valence-corrected chi connectivity index (χ1v) is 6.16. The Morgan fingerprint density at radius 3 is 2.79 bits per heavy atom. The van der Waals surface area contributed by atoms with Crippen LogP contribution in [-0.2, 0) is 0 Å². The molecule has 0 nitrogen and oxygen atoms in total. The molecule has 1 fully saturated rings. The summed E-state index contributed by atoms with van der Waals surface area (Å²) < 4.78 is 0. The maximum absolute atomic E-state index is 3.75. The van der Waals surface area contributed by atoms with Crippen LogP contribution in [0.4, 0.5) is 0 Å². The molecule has 0 aromatic rings. The summed E-state index contributed by atoms with van der Waals surface area (Å²) in [6.45, 7) is 6.05. The Hall–Kier alpha value is -0.520. The van der Waals surface area contributed by atoms with Crippen LogP contribution in [0.5, 0.6) is 0 Å². The lowest BCUT2D eigenvalue weighted by Gasteiger charge is -2.29. The summed E-state index contributed by atoms with van der Waals surface area (Å²) in [6.07, 6.45) is 16.3. The zero-order valence-electron chi connectivity index (χ0n) is 9.54. The first-order chi connectivity index (χ1) is 6.88. The van der Waals surface area contributed by atoms with Crippen LogP contribution in [0.3, 0.4) is 0 Å². The Balaban J connectivity index is 2.40. The van der Waals surface area contributed by atoms with Crippen LogP contribution in [-0.4, -0.2) is 0 Å². The highest BCUT2D eigenvalue weighted by Gasteiger charge is 2.21. The number of allylic oxidation sites excluding steroid dienone is 3. The smallest absolute Gasteiger partial charge is 0.0172 e. The predicted molar refractivity (Wildman–Crippen MR) is 64.3 cm³/mol. The molecule has 2 atom stereocenters. The Morgan fingerprint density at radius 1 is 1.29 bits per heavy atom. The molecule has 0 aromatic carbocycles. The molecule has 1 aliphatic rings. The van der Waals surface area contributed by atoms with Crippen molar-refractivity contribution in [2.24, 2.45) is 11.8 Å². The molecule has 0 heterocycles. The van der Waals surface area contributed by atoms with Crippen LogP contribution < -0.4 is 0 Å². The van der Waals surface area contributed by atoms with E-state index in [1.54, 1.807) is 0 Å². The number of hydrogen-bond donors (Lipinski definition) is 0. The van der Waals surface area contributed by atoms with Gasteiger partial charge in [0.05, 0.1) is 0 Å². The van der Waals surface area contributed by atoms with Crippen LogP contribution in [0.1, 0.15) is 51.9 Å². The summed E-state index contributed by atoms with van der Waals surface area (Å²) >= 11 is 0. The molecule has 0 N–H and O–H groups in total. The second-order valence-electron chi connectivity index (χ2n) is 4.45. The molecule has 0 aromatic heterocycles. The van der Waals surface area contributed by atoms with E-state index in [9.17, 15) is 0 Å². The van der Waals surface area contributed by atoms with E-state index in [1.165, 1.54) is 38.5 Å². The van der Waals surface area contributed by atoms with Gasteiger partial charge in [-0.3, -0.25) is 0 Å². The van der Waals surface area contributed by atoms with Crippen LogP contribution >= 0.6 is 0 Å². The van der Waals surface area contributed by atoms with Crippen molar-refractivity contribution in [1.29, 1.82) is 0 Å². The molecule has 0 saturated heterocycles. The lowest BCUT2D eigenvalue weighted by Crippen LogP contribution is -2.17. The van der Waals surface area contributed by atoms with Crippen molar-refractivity contribution < 1.29 is 0 Å². The van der Waals surface area contributed by atoms with Gasteiger partial charge in [-0.25, -0.2) is 0 Å². The van der Waals surface area contributed by atoms with Crippen molar-refractivity contribution in [3.8, 4) is 0 Å². The Labute approximate surface area is 89.1 Å². The molecule has 0 unspecified atom stereocenters. The van der Waals surface area contributed by atoms with E-state index in [0.717, 1.165) is 18.3 Å². The minimum absolute atomic E-state index is 0.864. The van der Waals surface area contributed by atoms with E-state index >= 15 is 0 Å². The van der Waals surface area contributed by atoms with E-state index < -0.39 is 0 Å². The SMILES string of the molecule is C=CC/C=C\[C@@H]1CCCC[C@@H]1CCC. The molecule has 0 amide bonds. The largest absolute Gasteiger partial charge is 0.103 e. The molecule has 14 heavy (non-hydrogen) atoms. The topological polar surface area (TPSA) is 0 Å². The van der Waals surface area contributed by atoms with Crippen LogP contribution in [0.2, 0.25) is 0 Å². The minimum atomic E-state index is 0.864. The van der Waals surface area contributed by atoms with Gasteiger partial charge >= 0.3 is 0 Å². The molecule has 0 spiro atoms. The summed E-state index contributed by atoms with van der Waals surface area (Å²) in [5, 5.41) is 0. The first kappa shape index (κ1) is 11.6. The third-order valence-electron chi connectivity index (χ3n) is 3.31. The van der Waals surface area contributed by atoms with Crippen LogP contribution in [0, 0.1) is 11.8 Å². The summed E-state index contributed by atoms with van der Waals surface area (Å²) in [6, 6.07) is 0. The molecule has 0 radical (unpaired) electrons. The van der Waals surface area contributed by atoms with Crippen LogP contribution in [0.25, 0.3) is 0 Å². The van der Waals surface area contributed by atoms with E-state index in [2.05, 4.69) is 25.7 Å². The third kappa shape index (κ3) is 3.69. The van der Waals surface area contributed by atoms with Gasteiger partial charge in [0, 0.05) is 0 Å².